The molecule has 0 atom stereocenters. The van der Waals surface area contributed by atoms with Crippen LogP contribution < -0.4 is 5.32 Å². The van der Waals surface area contributed by atoms with Crippen LogP contribution in [0, 0.1) is 0 Å². The van der Waals surface area contributed by atoms with Crippen molar-refractivity contribution in [1.82, 2.24) is 15.1 Å². The summed E-state index contributed by atoms with van der Waals surface area (Å²) in [6, 6.07) is 3.48. The summed E-state index contributed by atoms with van der Waals surface area (Å²) in [5.41, 5.74) is 0.393. The monoisotopic (exact) mass is 280 g/mol. The van der Waals surface area contributed by atoms with E-state index in [1.807, 2.05) is 4.90 Å². The van der Waals surface area contributed by atoms with Gasteiger partial charge in [-0.05, 0) is 25.0 Å². The number of hydrogen-bond donors (Lipinski definition) is 1. The van der Waals surface area contributed by atoms with Gasteiger partial charge in [-0.1, -0.05) is 13.8 Å². The Morgan fingerprint density at radius 2 is 1.95 bits per heavy atom. The van der Waals surface area contributed by atoms with Gasteiger partial charge in [0.1, 0.15) is 5.82 Å². The molecule has 112 valence electrons. The second kappa shape index (κ2) is 9.25. The molecular formula is C14H24N4O2. The van der Waals surface area contributed by atoms with Crippen LogP contribution in [-0.2, 0) is 4.74 Å². The maximum Gasteiger partial charge on any atom is 0.274 e. The van der Waals surface area contributed by atoms with Crippen molar-refractivity contribution in [1.29, 1.82) is 0 Å². The number of nitrogens with zero attached hydrogens (tertiary/aromatic N) is 3. The predicted molar refractivity (Wildman–Crippen MR) is 78.9 cm³/mol. The maximum absolute atomic E-state index is 12.3. The Labute approximate surface area is 120 Å². The molecule has 6 nitrogen and oxygen atoms in total. The van der Waals surface area contributed by atoms with E-state index in [4.69, 9.17) is 4.74 Å². The van der Waals surface area contributed by atoms with Crippen molar-refractivity contribution in [3.05, 3.63) is 17.8 Å². The highest BCUT2D eigenvalue weighted by Crippen LogP contribution is 2.06. The van der Waals surface area contributed by atoms with Gasteiger partial charge in [0.2, 0.25) is 0 Å². The molecule has 1 aromatic heterocycles. The first-order valence-corrected chi connectivity index (χ1v) is 7.08. The molecule has 1 rings (SSSR count). The molecule has 0 aliphatic rings. The lowest BCUT2D eigenvalue weighted by molar-refractivity contribution is 0.0748. The van der Waals surface area contributed by atoms with Gasteiger partial charge < -0.3 is 15.0 Å². The number of amides is 1. The van der Waals surface area contributed by atoms with Crippen LogP contribution in [-0.4, -0.2) is 54.4 Å². The van der Waals surface area contributed by atoms with E-state index in [-0.39, 0.29) is 5.91 Å². The SMILES string of the molecule is CCCN(CCC)C(=O)c1ccc(NCCOC)nn1. The van der Waals surface area contributed by atoms with E-state index >= 15 is 0 Å². The molecule has 0 aliphatic heterocycles. The molecule has 0 radical (unpaired) electrons. The topological polar surface area (TPSA) is 67.4 Å². The minimum absolute atomic E-state index is 0.0513. The standard InChI is InChI=1S/C14H24N4O2/c1-4-9-18(10-5-2)14(19)12-6-7-13(17-16-12)15-8-11-20-3/h6-7H,4-5,8-11H2,1-3H3,(H,15,17). The van der Waals surface area contributed by atoms with Crippen LogP contribution in [0.1, 0.15) is 37.2 Å². The fourth-order valence-electron chi connectivity index (χ4n) is 1.84. The van der Waals surface area contributed by atoms with E-state index in [0.29, 0.717) is 24.7 Å². The Balaban J connectivity index is 2.63. The van der Waals surface area contributed by atoms with Gasteiger partial charge >= 0.3 is 0 Å². The van der Waals surface area contributed by atoms with Crippen molar-refractivity contribution in [2.75, 3.05) is 38.7 Å². The van der Waals surface area contributed by atoms with E-state index in [1.165, 1.54) is 0 Å². The summed E-state index contributed by atoms with van der Waals surface area (Å²) in [7, 11) is 1.64. The minimum atomic E-state index is -0.0513. The van der Waals surface area contributed by atoms with Gasteiger partial charge in [0.25, 0.3) is 5.91 Å². The quantitative estimate of drug-likeness (QED) is 0.699. The number of hydrogen-bond acceptors (Lipinski definition) is 5. The number of methoxy groups -OCH3 is 1. The molecule has 0 saturated heterocycles. The highest BCUT2D eigenvalue weighted by atomic mass is 16.5. The van der Waals surface area contributed by atoms with Crippen molar-refractivity contribution < 1.29 is 9.53 Å². The number of ether oxygens (including phenoxy) is 1. The molecule has 0 bridgehead atoms. The number of carbonyl (C=O) groups is 1. The largest absolute Gasteiger partial charge is 0.383 e. The average molecular weight is 280 g/mol. The van der Waals surface area contributed by atoms with Crippen molar-refractivity contribution in [2.45, 2.75) is 26.7 Å². The molecule has 0 aromatic carbocycles. The highest BCUT2D eigenvalue weighted by molar-refractivity contribution is 5.92. The van der Waals surface area contributed by atoms with Gasteiger partial charge in [0.05, 0.1) is 6.61 Å². The Hall–Kier alpha value is -1.69. The fraction of sp³-hybridized carbons (Fsp3) is 0.643. The number of carbonyl (C=O) groups excluding carboxylic acids is 1. The molecule has 1 heterocycles. The van der Waals surface area contributed by atoms with Crippen LogP contribution in [0.3, 0.4) is 0 Å². The molecule has 0 aliphatic carbocycles. The number of rotatable bonds is 9. The second-order valence-corrected chi connectivity index (χ2v) is 4.52. The zero-order chi connectivity index (χ0) is 14.8. The third kappa shape index (κ3) is 5.13. The minimum Gasteiger partial charge on any atom is -0.383 e. The lowest BCUT2D eigenvalue weighted by atomic mass is 10.3. The first-order valence-electron chi connectivity index (χ1n) is 7.08. The molecule has 6 heteroatoms. The van der Waals surface area contributed by atoms with Crippen LogP contribution in [0.2, 0.25) is 0 Å². The normalized spacial score (nSPS) is 10.3. The van der Waals surface area contributed by atoms with Gasteiger partial charge in [0, 0.05) is 26.7 Å². The third-order valence-corrected chi connectivity index (χ3v) is 2.77. The summed E-state index contributed by atoms with van der Waals surface area (Å²) < 4.78 is 4.94. The Kier molecular flexibility index (Phi) is 7.57. The van der Waals surface area contributed by atoms with E-state index in [2.05, 4.69) is 29.4 Å². The summed E-state index contributed by atoms with van der Waals surface area (Å²) in [4.78, 5) is 14.1. The van der Waals surface area contributed by atoms with E-state index in [1.54, 1.807) is 19.2 Å². The first-order chi connectivity index (χ1) is 9.72. The summed E-state index contributed by atoms with van der Waals surface area (Å²) in [6.07, 6.45) is 1.88. The fourth-order valence-corrected chi connectivity index (χ4v) is 1.84. The summed E-state index contributed by atoms with van der Waals surface area (Å²) in [5, 5.41) is 11.1. The van der Waals surface area contributed by atoms with Gasteiger partial charge in [0.15, 0.2) is 5.69 Å². The highest BCUT2D eigenvalue weighted by Gasteiger charge is 2.15. The van der Waals surface area contributed by atoms with Crippen LogP contribution in [0.15, 0.2) is 12.1 Å². The smallest absolute Gasteiger partial charge is 0.274 e. The maximum atomic E-state index is 12.3. The number of nitrogens with one attached hydrogen (secondary N) is 1. The van der Waals surface area contributed by atoms with Crippen molar-refractivity contribution in [3.8, 4) is 0 Å². The average Bonchev–Trinajstić information content (AvgIpc) is 2.47. The molecule has 0 unspecified atom stereocenters. The van der Waals surface area contributed by atoms with E-state index < -0.39 is 0 Å². The summed E-state index contributed by atoms with van der Waals surface area (Å²) in [6.45, 7) is 6.89. The lowest BCUT2D eigenvalue weighted by Gasteiger charge is -2.20. The molecule has 0 saturated carbocycles. The van der Waals surface area contributed by atoms with Gasteiger partial charge in [-0.3, -0.25) is 4.79 Å². The Bertz CT molecular complexity index is 389. The summed E-state index contributed by atoms with van der Waals surface area (Å²) >= 11 is 0. The molecule has 0 spiro atoms. The van der Waals surface area contributed by atoms with Gasteiger partial charge in [-0.2, -0.15) is 0 Å². The van der Waals surface area contributed by atoms with Gasteiger partial charge in [-0.15, -0.1) is 10.2 Å². The molecular weight excluding hydrogens is 256 g/mol. The third-order valence-electron chi connectivity index (χ3n) is 2.77. The van der Waals surface area contributed by atoms with E-state index in [0.717, 1.165) is 25.9 Å². The summed E-state index contributed by atoms with van der Waals surface area (Å²) in [5.74, 6) is 0.598. The van der Waals surface area contributed by atoms with Crippen molar-refractivity contribution >= 4 is 11.7 Å². The van der Waals surface area contributed by atoms with E-state index in [9.17, 15) is 4.79 Å². The molecule has 20 heavy (non-hydrogen) atoms. The molecule has 1 amide bonds. The number of aromatic nitrogens is 2. The van der Waals surface area contributed by atoms with Crippen LogP contribution >= 0.6 is 0 Å². The molecule has 1 aromatic rings. The van der Waals surface area contributed by atoms with Gasteiger partial charge in [-0.25, -0.2) is 0 Å². The van der Waals surface area contributed by atoms with Crippen LogP contribution in [0.4, 0.5) is 5.82 Å². The molecule has 1 N–H and O–H groups in total. The first kappa shape index (κ1) is 16.4. The zero-order valence-electron chi connectivity index (χ0n) is 12.6. The molecule has 0 fully saturated rings. The zero-order valence-corrected chi connectivity index (χ0v) is 12.6. The lowest BCUT2D eigenvalue weighted by Crippen LogP contribution is -2.33. The Morgan fingerprint density at radius 1 is 1.25 bits per heavy atom. The Morgan fingerprint density at radius 3 is 2.45 bits per heavy atom. The number of anilines is 1. The van der Waals surface area contributed by atoms with Crippen LogP contribution in [0.25, 0.3) is 0 Å². The van der Waals surface area contributed by atoms with Crippen LogP contribution in [0.5, 0.6) is 0 Å². The predicted octanol–water partition coefficient (Wildman–Crippen LogP) is 1.80. The van der Waals surface area contributed by atoms with Crippen molar-refractivity contribution in [2.24, 2.45) is 0 Å². The second-order valence-electron chi connectivity index (χ2n) is 4.52. The van der Waals surface area contributed by atoms with Crippen molar-refractivity contribution in [3.63, 3.8) is 0 Å².